The standard InChI is InChI=1S/C9H6ClF3OS/c1-15-5-3-2-4(10)6(7(5)11)8(14)9(12)13/h2-3,9H,1H3. The van der Waals surface area contributed by atoms with Gasteiger partial charge in [-0.15, -0.1) is 11.8 Å². The van der Waals surface area contributed by atoms with E-state index in [0.29, 0.717) is 0 Å². The number of hydrogen-bond donors (Lipinski definition) is 0. The maximum absolute atomic E-state index is 13.5. The van der Waals surface area contributed by atoms with Crippen LogP contribution < -0.4 is 0 Å². The van der Waals surface area contributed by atoms with E-state index in [9.17, 15) is 18.0 Å². The predicted molar refractivity (Wildman–Crippen MR) is 53.5 cm³/mol. The molecule has 0 atom stereocenters. The van der Waals surface area contributed by atoms with Crippen molar-refractivity contribution in [1.82, 2.24) is 0 Å². The van der Waals surface area contributed by atoms with E-state index < -0.39 is 23.6 Å². The molecule has 1 rings (SSSR count). The minimum absolute atomic E-state index is 0.114. The lowest BCUT2D eigenvalue weighted by Gasteiger charge is -2.07. The predicted octanol–water partition coefficient (Wildman–Crippen LogP) is 3.65. The van der Waals surface area contributed by atoms with Crippen molar-refractivity contribution in [3.63, 3.8) is 0 Å². The lowest BCUT2D eigenvalue weighted by molar-refractivity contribution is 0.0673. The highest BCUT2D eigenvalue weighted by Gasteiger charge is 2.25. The van der Waals surface area contributed by atoms with Crippen molar-refractivity contribution >= 4 is 29.1 Å². The van der Waals surface area contributed by atoms with Gasteiger partial charge in [-0.05, 0) is 18.4 Å². The SMILES string of the molecule is CSc1ccc(Cl)c(C(=O)C(F)F)c1F. The Morgan fingerprint density at radius 2 is 2.07 bits per heavy atom. The molecule has 1 aromatic rings. The molecule has 0 bridgehead atoms. The molecule has 6 heteroatoms. The summed E-state index contributed by atoms with van der Waals surface area (Å²) in [6, 6.07) is 2.57. The van der Waals surface area contributed by atoms with Crippen LogP contribution in [0.2, 0.25) is 5.02 Å². The second kappa shape index (κ2) is 4.90. The maximum Gasteiger partial charge on any atom is 0.300 e. The highest BCUT2D eigenvalue weighted by atomic mass is 35.5. The lowest BCUT2D eigenvalue weighted by atomic mass is 10.1. The number of carbonyl (C=O) groups excluding carboxylic acids is 1. The Bertz CT molecular complexity index is 395. The Kier molecular flexibility index (Phi) is 4.04. The van der Waals surface area contributed by atoms with Gasteiger partial charge in [0.1, 0.15) is 5.82 Å². The molecule has 0 saturated heterocycles. The molecule has 0 fully saturated rings. The summed E-state index contributed by atoms with van der Waals surface area (Å²) < 4.78 is 37.7. The molecule has 1 nitrogen and oxygen atoms in total. The summed E-state index contributed by atoms with van der Waals surface area (Å²) in [4.78, 5) is 11.1. The number of alkyl halides is 2. The molecule has 0 radical (unpaired) electrons. The fourth-order valence-corrected chi connectivity index (χ4v) is 1.75. The summed E-state index contributed by atoms with van der Waals surface area (Å²) >= 11 is 6.51. The van der Waals surface area contributed by atoms with Gasteiger partial charge in [-0.25, -0.2) is 13.2 Å². The largest absolute Gasteiger partial charge is 0.300 e. The molecule has 0 unspecified atom stereocenters. The molecule has 0 spiro atoms. The topological polar surface area (TPSA) is 17.1 Å². The van der Waals surface area contributed by atoms with Crippen LogP contribution in [0.5, 0.6) is 0 Å². The average Bonchev–Trinajstić information content (AvgIpc) is 2.17. The van der Waals surface area contributed by atoms with Gasteiger partial charge in [-0.2, -0.15) is 0 Å². The molecule has 15 heavy (non-hydrogen) atoms. The summed E-state index contributed by atoms with van der Waals surface area (Å²) in [5.74, 6) is -2.58. The van der Waals surface area contributed by atoms with Crippen LogP contribution in [0.3, 0.4) is 0 Å². The van der Waals surface area contributed by atoms with Gasteiger partial charge in [0.05, 0.1) is 10.6 Å². The minimum atomic E-state index is -3.26. The summed E-state index contributed by atoms with van der Waals surface area (Å²) in [6.45, 7) is 0. The van der Waals surface area contributed by atoms with E-state index in [0.717, 1.165) is 11.8 Å². The quantitative estimate of drug-likeness (QED) is 0.605. The summed E-state index contributed by atoms with van der Waals surface area (Å²) in [5, 5.41) is -0.296. The van der Waals surface area contributed by atoms with E-state index in [1.165, 1.54) is 12.1 Å². The zero-order valence-corrected chi connectivity index (χ0v) is 9.13. The van der Waals surface area contributed by atoms with Crippen LogP contribution in [0.1, 0.15) is 10.4 Å². The third-order valence-corrected chi connectivity index (χ3v) is 2.79. The van der Waals surface area contributed by atoms with E-state index >= 15 is 0 Å². The van der Waals surface area contributed by atoms with Gasteiger partial charge < -0.3 is 0 Å². The normalized spacial score (nSPS) is 10.8. The first-order valence-electron chi connectivity index (χ1n) is 3.83. The molecule has 0 aliphatic heterocycles. The number of rotatable bonds is 3. The van der Waals surface area contributed by atoms with Crippen molar-refractivity contribution in [2.45, 2.75) is 11.3 Å². The van der Waals surface area contributed by atoms with Crippen molar-refractivity contribution < 1.29 is 18.0 Å². The molecule has 0 amide bonds. The van der Waals surface area contributed by atoms with Gasteiger partial charge in [0.2, 0.25) is 5.78 Å². The van der Waals surface area contributed by atoms with Gasteiger partial charge in [-0.1, -0.05) is 11.6 Å². The third-order valence-electron chi connectivity index (χ3n) is 1.72. The Balaban J connectivity index is 3.33. The van der Waals surface area contributed by atoms with Gasteiger partial charge in [0.25, 0.3) is 0 Å². The van der Waals surface area contributed by atoms with E-state index in [1.54, 1.807) is 6.26 Å². The van der Waals surface area contributed by atoms with Crippen LogP contribution in [0.25, 0.3) is 0 Å². The molecule has 0 N–H and O–H groups in total. The summed E-state index contributed by atoms with van der Waals surface area (Å²) in [6.07, 6.45) is -1.68. The van der Waals surface area contributed by atoms with Crippen molar-refractivity contribution in [3.8, 4) is 0 Å². The fourth-order valence-electron chi connectivity index (χ4n) is 1.03. The summed E-state index contributed by atoms with van der Waals surface area (Å²) in [5.41, 5.74) is -0.737. The van der Waals surface area contributed by atoms with Crippen LogP contribution in [-0.4, -0.2) is 18.5 Å². The molecule has 0 saturated carbocycles. The van der Waals surface area contributed by atoms with Gasteiger partial charge in [-0.3, -0.25) is 4.79 Å². The van der Waals surface area contributed by atoms with Crippen molar-refractivity contribution in [2.24, 2.45) is 0 Å². The Morgan fingerprint density at radius 3 is 2.53 bits per heavy atom. The van der Waals surface area contributed by atoms with Crippen molar-refractivity contribution in [1.29, 1.82) is 0 Å². The number of benzene rings is 1. The summed E-state index contributed by atoms with van der Waals surface area (Å²) in [7, 11) is 0. The highest BCUT2D eigenvalue weighted by molar-refractivity contribution is 7.98. The molecule has 0 heterocycles. The van der Waals surface area contributed by atoms with E-state index in [1.807, 2.05) is 0 Å². The number of hydrogen-bond acceptors (Lipinski definition) is 2. The zero-order valence-electron chi connectivity index (χ0n) is 7.56. The number of carbonyl (C=O) groups is 1. The zero-order chi connectivity index (χ0) is 11.6. The Hall–Kier alpha value is -0.680. The average molecular weight is 255 g/mol. The molecule has 0 aliphatic rings. The third kappa shape index (κ3) is 2.46. The fraction of sp³-hybridized carbons (Fsp3) is 0.222. The van der Waals surface area contributed by atoms with Gasteiger partial charge >= 0.3 is 6.43 Å². The van der Waals surface area contributed by atoms with Crippen LogP contribution >= 0.6 is 23.4 Å². The van der Waals surface area contributed by atoms with Crippen LogP contribution in [-0.2, 0) is 0 Å². The first-order chi connectivity index (χ1) is 6.99. The Labute approximate surface area is 93.6 Å². The number of Topliss-reactive ketones (excluding diaryl/α,β-unsaturated/α-hetero) is 1. The van der Waals surface area contributed by atoms with Crippen LogP contribution in [0, 0.1) is 5.82 Å². The first-order valence-corrected chi connectivity index (χ1v) is 5.43. The molecular formula is C9H6ClF3OS. The van der Waals surface area contributed by atoms with Crippen LogP contribution in [0.15, 0.2) is 17.0 Å². The van der Waals surface area contributed by atoms with Crippen molar-refractivity contribution in [3.05, 3.63) is 28.5 Å². The van der Waals surface area contributed by atoms with Gasteiger partial charge in [0, 0.05) is 4.90 Å². The second-order valence-corrected chi connectivity index (χ2v) is 3.86. The van der Waals surface area contributed by atoms with E-state index in [-0.39, 0.29) is 9.92 Å². The monoisotopic (exact) mass is 254 g/mol. The number of halogens is 4. The molecule has 0 aromatic heterocycles. The van der Waals surface area contributed by atoms with Crippen molar-refractivity contribution in [2.75, 3.05) is 6.26 Å². The Morgan fingerprint density at radius 1 is 1.47 bits per heavy atom. The van der Waals surface area contributed by atoms with Gasteiger partial charge in [0.15, 0.2) is 0 Å². The molecule has 1 aromatic carbocycles. The highest BCUT2D eigenvalue weighted by Crippen LogP contribution is 2.29. The second-order valence-electron chi connectivity index (χ2n) is 2.60. The molecular weight excluding hydrogens is 249 g/mol. The number of thioether (sulfide) groups is 1. The molecule has 0 aliphatic carbocycles. The minimum Gasteiger partial charge on any atom is -0.288 e. The number of ketones is 1. The first kappa shape index (κ1) is 12.4. The van der Waals surface area contributed by atoms with E-state index in [2.05, 4.69) is 0 Å². The molecule has 82 valence electrons. The lowest BCUT2D eigenvalue weighted by Crippen LogP contribution is -2.13. The smallest absolute Gasteiger partial charge is 0.288 e. The van der Waals surface area contributed by atoms with E-state index in [4.69, 9.17) is 11.6 Å². The maximum atomic E-state index is 13.5. The van der Waals surface area contributed by atoms with Crippen LogP contribution in [0.4, 0.5) is 13.2 Å².